The van der Waals surface area contributed by atoms with Crippen LogP contribution in [0, 0.1) is 0 Å². The monoisotopic (exact) mass is 329 g/mol. The summed E-state index contributed by atoms with van der Waals surface area (Å²) in [5.41, 5.74) is 0.550. The van der Waals surface area contributed by atoms with Crippen molar-refractivity contribution in [1.29, 1.82) is 0 Å². The number of imidazole rings is 1. The molecule has 0 bridgehead atoms. The van der Waals surface area contributed by atoms with Crippen LogP contribution in [-0.2, 0) is 16.0 Å². The van der Waals surface area contributed by atoms with Crippen LogP contribution in [0.3, 0.4) is 0 Å². The fourth-order valence-electron chi connectivity index (χ4n) is 1.15. The first-order valence-electron chi connectivity index (χ1n) is 4.98. The van der Waals surface area contributed by atoms with Crippen molar-refractivity contribution < 1.29 is 19.4 Å². The molecule has 19 heavy (non-hydrogen) atoms. The van der Waals surface area contributed by atoms with Crippen molar-refractivity contribution in [3.05, 3.63) is 18.2 Å². The number of carbonyl (C=O) groups is 2. The second-order valence-electron chi connectivity index (χ2n) is 3.51. The zero-order chi connectivity index (χ0) is 14.5. The molecule has 7 nitrogen and oxygen atoms in total. The number of ether oxygens (including phenoxy) is 1. The maximum atomic E-state index is 11.3. The van der Waals surface area contributed by atoms with Crippen LogP contribution in [0.5, 0.6) is 0 Å². The number of halogens is 3. The van der Waals surface area contributed by atoms with Crippen LogP contribution in [0.15, 0.2) is 12.5 Å². The molecule has 0 radical (unpaired) electrons. The number of nitrogens with one attached hydrogen (secondary N) is 2. The average molecular weight is 331 g/mol. The van der Waals surface area contributed by atoms with Gasteiger partial charge < -0.3 is 20.1 Å². The minimum atomic E-state index is -1.75. The largest absolute Gasteiger partial charge is 0.480 e. The van der Waals surface area contributed by atoms with E-state index >= 15 is 0 Å². The number of hydrogen-bond acceptors (Lipinski definition) is 4. The molecular formula is C9H10Cl3N3O4. The van der Waals surface area contributed by atoms with Gasteiger partial charge in [0.2, 0.25) is 3.79 Å². The van der Waals surface area contributed by atoms with E-state index in [9.17, 15) is 9.59 Å². The van der Waals surface area contributed by atoms with Gasteiger partial charge in [0.1, 0.15) is 12.6 Å². The summed E-state index contributed by atoms with van der Waals surface area (Å²) >= 11 is 16.2. The number of aromatic nitrogens is 2. The van der Waals surface area contributed by atoms with Crippen molar-refractivity contribution in [2.45, 2.75) is 16.3 Å². The number of carboxylic acid groups (broad SMARTS) is 1. The maximum absolute atomic E-state index is 11.3. The summed E-state index contributed by atoms with van der Waals surface area (Å²) in [4.78, 5) is 28.8. The van der Waals surface area contributed by atoms with Gasteiger partial charge in [0.25, 0.3) is 0 Å². The molecule has 1 heterocycles. The maximum Gasteiger partial charge on any atom is 0.408 e. The molecular weight excluding hydrogens is 320 g/mol. The van der Waals surface area contributed by atoms with Gasteiger partial charge >= 0.3 is 12.1 Å². The molecule has 1 rings (SSSR count). The van der Waals surface area contributed by atoms with E-state index in [2.05, 4.69) is 20.0 Å². The second-order valence-corrected chi connectivity index (χ2v) is 6.02. The van der Waals surface area contributed by atoms with E-state index in [0.717, 1.165) is 0 Å². The molecule has 0 aliphatic carbocycles. The third kappa shape index (κ3) is 6.51. The van der Waals surface area contributed by atoms with Gasteiger partial charge in [-0.2, -0.15) is 0 Å². The molecule has 1 aromatic heterocycles. The Morgan fingerprint density at radius 1 is 1.53 bits per heavy atom. The Morgan fingerprint density at radius 3 is 2.68 bits per heavy atom. The Hall–Kier alpha value is -1.18. The number of carbonyl (C=O) groups excluding carboxylic acids is 1. The van der Waals surface area contributed by atoms with Gasteiger partial charge in [0.05, 0.1) is 6.33 Å². The molecule has 10 heteroatoms. The molecule has 1 amide bonds. The molecule has 0 spiro atoms. The highest BCUT2D eigenvalue weighted by atomic mass is 35.6. The lowest BCUT2D eigenvalue weighted by Gasteiger charge is -2.15. The van der Waals surface area contributed by atoms with Crippen LogP contribution in [0.2, 0.25) is 0 Å². The van der Waals surface area contributed by atoms with Crippen molar-refractivity contribution in [2.24, 2.45) is 0 Å². The molecule has 0 saturated carbocycles. The molecule has 0 saturated heterocycles. The van der Waals surface area contributed by atoms with Crippen molar-refractivity contribution in [1.82, 2.24) is 15.3 Å². The lowest BCUT2D eigenvalue weighted by molar-refractivity contribution is -0.139. The Balaban J connectivity index is 2.49. The molecule has 3 N–H and O–H groups in total. The van der Waals surface area contributed by atoms with Crippen molar-refractivity contribution in [2.75, 3.05) is 6.61 Å². The lowest BCUT2D eigenvalue weighted by atomic mass is 10.2. The number of alkyl carbamates (subject to hydrolysis) is 1. The minimum absolute atomic E-state index is 0.0260. The standard InChI is InChI=1S/C9H10Cl3N3O4/c10-9(11,12)3-19-8(18)15-6(7(16)17)1-5-2-13-4-14-5/h2,4,6H,1,3H2,(H,13,14)(H,15,18)(H,16,17). The van der Waals surface area contributed by atoms with Gasteiger partial charge in [0.15, 0.2) is 0 Å². The van der Waals surface area contributed by atoms with Gasteiger partial charge in [0, 0.05) is 18.3 Å². The van der Waals surface area contributed by atoms with Crippen molar-refractivity contribution >= 4 is 46.9 Å². The highest BCUT2D eigenvalue weighted by Gasteiger charge is 2.25. The molecule has 1 aromatic rings. The lowest BCUT2D eigenvalue weighted by Crippen LogP contribution is -2.43. The molecule has 0 fully saturated rings. The quantitative estimate of drug-likeness (QED) is 0.710. The number of nitrogens with zero attached hydrogens (tertiary/aromatic N) is 1. The van der Waals surface area contributed by atoms with Crippen LogP contribution in [0.4, 0.5) is 4.79 Å². The van der Waals surface area contributed by atoms with E-state index in [1.807, 2.05) is 0 Å². The van der Waals surface area contributed by atoms with Crippen molar-refractivity contribution in [3.63, 3.8) is 0 Å². The molecule has 1 atom stereocenters. The Kier molecular flexibility index (Phi) is 5.71. The number of amides is 1. The first-order chi connectivity index (χ1) is 8.78. The van der Waals surface area contributed by atoms with Crippen LogP contribution in [0.1, 0.15) is 5.69 Å². The normalized spacial score (nSPS) is 12.8. The predicted molar refractivity (Wildman–Crippen MR) is 68.5 cm³/mol. The van der Waals surface area contributed by atoms with Gasteiger partial charge in [-0.05, 0) is 0 Å². The van der Waals surface area contributed by atoms with Gasteiger partial charge in [-0.1, -0.05) is 34.8 Å². The SMILES string of the molecule is O=C(NC(Cc1cnc[nH]1)C(=O)O)OCC(Cl)(Cl)Cl. The van der Waals surface area contributed by atoms with Gasteiger partial charge in [-0.25, -0.2) is 14.6 Å². The van der Waals surface area contributed by atoms with E-state index in [4.69, 9.17) is 39.9 Å². The van der Waals surface area contributed by atoms with E-state index in [1.54, 1.807) is 0 Å². The molecule has 0 aliphatic rings. The third-order valence-electron chi connectivity index (χ3n) is 1.94. The van der Waals surface area contributed by atoms with Crippen LogP contribution >= 0.6 is 34.8 Å². The van der Waals surface area contributed by atoms with E-state index < -0.39 is 28.5 Å². The summed E-state index contributed by atoms with van der Waals surface area (Å²) in [6.45, 7) is -0.486. The number of aliphatic carboxylic acids is 1. The number of H-pyrrole nitrogens is 1. The smallest absolute Gasteiger partial charge is 0.408 e. The van der Waals surface area contributed by atoms with E-state index in [-0.39, 0.29) is 6.42 Å². The topological polar surface area (TPSA) is 104 Å². The number of aromatic amines is 1. The predicted octanol–water partition coefficient (Wildman–Crippen LogP) is 1.50. The summed E-state index contributed by atoms with van der Waals surface area (Å²) in [5, 5.41) is 11.1. The van der Waals surface area contributed by atoms with Gasteiger partial charge in [-0.15, -0.1) is 0 Å². The molecule has 106 valence electrons. The minimum Gasteiger partial charge on any atom is -0.480 e. The Labute approximate surface area is 123 Å². The number of alkyl halides is 3. The Morgan fingerprint density at radius 2 is 2.21 bits per heavy atom. The van der Waals surface area contributed by atoms with E-state index in [0.29, 0.717) is 5.69 Å². The summed E-state index contributed by atoms with van der Waals surface area (Å²) in [6.07, 6.45) is 1.89. The van der Waals surface area contributed by atoms with Crippen LogP contribution < -0.4 is 5.32 Å². The summed E-state index contributed by atoms with van der Waals surface area (Å²) in [6, 6.07) is -1.18. The van der Waals surface area contributed by atoms with Crippen LogP contribution in [0.25, 0.3) is 0 Å². The molecule has 0 aliphatic heterocycles. The first kappa shape index (κ1) is 15.9. The highest BCUT2D eigenvalue weighted by molar-refractivity contribution is 6.67. The molecule has 1 unspecified atom stereocenters. The van der Waals surface area contributed by atoms with E-state index in [1.165, 1.54) is 12.5 Å². The zero-order valence-electron chi connectivity index (χ0n) is 9.40. The van der Waals surface area contributed by atoms with Gasteiger partial charge in [-0.3, -0.25) is 0 Å². The highest BCUT2D eigenvalue weighted by Crippen LogP contribution is 2.25. The number of rotatable bonds is 5. The summed E-state index contributed by atoms with van der Waals surface area (Å²) in [7, 11) is 0. The van der Waals surface area contributed by atoms with Crippen molar-refractivity contribution in [3.8, 4) is 0 Å². The number of hydrogen-bond donors (Lipinski definition) is 3. The fraction of sp³-hybridized carbons (Fsp3) is 0.444. The zero-order valence-corrected chi connectivity index (χ0v) is 11.7. The average Bonchev–Trinajstić information content (AvgIpc) is 2.77. The Bertz CT molecular complexity index is 432. The summed E-state index contributed by atoms with van der Waals surface area (Å²) < 4.78 is 2.82. The first-order valence-corrected chi connectivity index (χ1v) is 6.11. The molecule has 0 aromatic carbocycles. The fourth-order valence-corrected chi connectivity index (χ4v) is 1.31. The summed E-state index contributed by atoms with van der Waals surface area (Å²) in [5.74, 6) is -1.22. The van der Waals surface area contributed by atoms with Crippen LogP contribution in [-0.4, -0.2) is 43.6 Å². The number of carboxylic acids is 1. The second kappa shape index (κ2) is 6.83. The third-order valence-corrected chi connectivity index (χ3v) is 2.26.